The lowest BCUT2D eigenvalue weighted by Crippen LogP contribution is -2.38. The van der Waals surface area contributed by atoms with E-state index in [0.717, 1.165) is 4.31 Å². The first-order chi connectivity index (χ1) is 8.21. The number of carbonyl (C=O) groups excluding carboxylic acids is 1. The second-order valence-electron chi connectivity index (χ2n) is 3.82. The molecule has 1 aromatic heterocycles. The molecule has 0 radical (unpaired) electrons. The fraction of sp³-hybridized carbons (Fsp3) is 0.556. The highest BCUT2D eigenvalue weighted by atomic mass is 32.2. The Hall–Kier alpha value is -1.61. The molecule has 0 bridgehead atoms. The van der Waals surface area contributed by atoms with Crippen LogP contribution in [0, 0.1) is 6.92 Å². The Kier molecular flexibility index (Phi) is 3.97. The van der Waals surface area contributed by atoms with Crippen LogP contribution < -0.4 is 11.5 Å². The summed E-state index contributed by atoms with van der Waals surface area (Å²) in [7, 11) is -2.27. The molecule has 8 nitrogen and oxygen atoms in total. The zero-order valence-corrected chi connectivity index (χ0v) is 11.4. The molecule has 0 saturated heterocycles. The first-order valence-electron chi connectivity index (χ1n) is 5.29. The van der Waals surface area contributed by atoms with Crippen molar-refractivity contribution in [3.05, 3.63) is 5.69 Å². The third-order valence-electron chi connectivity index (χ3n) is 2.59. The van der Waals surface area contributed by atoms with E-state index in [1.54, 1.807) is 20.9 Å². The second-order valence-corrected chi connectivity index (χ2v) is 5.70. The first-order valence-corrected chi connectivity index (χ1v) is 6.73. The number of anilines is 1. The molecule has 4 N–H and O–H groups in total. The van der Waals surface area contributed by atoms with Crippen molar-refractivity contribution in [3.63, 3.8) is 0 Å². The van der Waals surface area contributed by atoms with E-state index in [2.05, 4.69) is 5.10 Å². The third-order valence-corrected chi connectivity index (χ3v) is 4.67. The maximum atomic E-state index is 12.3. The molecule has 0 spiro atoms. The van der Waals surface area contributed by atoms with Crippen LogP contribution >= 0.6 is 0 Å². The molecule has 1 aromatic rings. The molecular weight excluding hydrogens is 258 g/mol. The highest BCUT2D eigenvalue weighted by Crippen LogP contribution is 2.24. The zero-order chi connectivity index (χ0) is 14.1. The summed E-state index contributed by atoms with van der Waals surface area (Å²) in [5.74, 6) is -0.807. The standard InChI is InChI=1S/C9H17N5O3S/c1-4-14(5-7(10)15)18(16,17)8-6(2)13(3)12-9(8)11/h4-5H2,1-3H3,(H2,10,15)(H2,11,12). The van der Waals surface area contributed by atoms with Gasteiger partial charge in [0.05, 0.1) is 12.2 Å². The van der Waals surface area contributed by atoms with Crippen molar-refractivity contribution in [1.82, 2.24) is 14.1 Å². The van der Waals surface area contributed by atoms with Gasteiger partial charge in [-0.25, -0.2) is 8.42 Å². The van der Waals surface area contributed by atoms with Crippen molar-refractivity contribution in [2.75, 3.05) is 18.8 Å². The predicted octanol–water partition coefficient (Wildman–Crippen LogP) is -1.19. The van der Waals surface area contributed by atoms with Gasteiger partial charge in [-0.2, -0.15) is 9.40 Å². The van der Waals surface area contributed by atoms with Crippen molar-refractivity contribution < 1.29 is 13.2 Å². The molecule has 0 fully saturated rings. The molecule has 1 amide bonds. The normalized spacial score (nSPS) is 12.0. The number of aryl methyl sites for hydroxylation is 1. The van der Waals surface area contributed by atoms with Crippen molar-refractivity contribution >= 4 is 21.7 Å². The number of primary amides is 1. The van der Waals surface area contributed by atoms with Crippen LogP contribution in [0.3, 0.4) is 0 Å². The number of rotatable bonds is 5. The first kappa shape index (κ1) is 14.5. The Morgan fingerprint density at radius 1 is 1.50 bits per heavy atom. The molecular formula is C9H17N5O3S. The largest absolute Gasteiger partial charge is 0.381 e. The molecule has 0 atom stereocenters. The smallest absolute Gasteiger partial charge is 0.249 e. The quantitative estimate of drug-likeness (QED) is 0.699. The minimum Gasteiger partial charge on any atom is -0.381 e. The number of hydrogen-bond acceptors (Lipinski definition) is 5. The van der Waals surface area contributed by atoms with Gasteiger partial charge in [-0.05, 0) is 6.92 Å². The predicted molar refractivity (Wildman–Crippen MR) is 66.0 cm³/mol. The van der Waals surface area contributed by atoms with Crippen molar-refractivity contribution in [1.29, 1.82) is 0 Å². The Labute approximate surface area is 106 Å². The van der Waals surface area contributed by atoms with Crippen LogP contribution in [0.5, 0.6) is 0 Å². The van der Waals surface area contributed by atoms with Crippen LogP contribution in [0.25, 0.3) is 0 Å². The van der Waals surface area contributed by atoms with Crippen molar-refractivity contribution in [2.24, 2.45) is 12.8 Å². The second kappa shape index (κ2) is 4.94. The van der Waals surface area contributed by atoms with E-state index in [0.29, 0.717) is 5.69 Å². The summed E-state index contributed by atoms with van der Waals surface area (Å²) in [5, 5.41) is 3.85. The van der Waals surface area contributed by atoms with Gasteiger partial charge < -0.3 is 11.5 Å². The highest BCUT2D eigenvalue weighted by Gasteiger charge is 2.31. The van der Waals surface area contributed by atoms with Crippen LogP contribution in [0.4, 0.5) is 5.82 Å². The molecule has 0 aliphatic rings. The molecule has 102 valence electrons. The molecule has 0 unspecified atom stereocenters. The Bertz CT molecular complexity index is 563. The Balaban J connectivity index is 3.31. The lowest BCUT2D eigenvalue weighted by molar-refractivity contribution is -0.118. The van der Waals surface area contributed by atoms with Gasteiger partial charge in [0, 0.05) is 13.6 Å². The van der Waals surface area contributed by atoms with Gasteiger partial charge >= 0.3 is 0 Å². The average Bonchev–Trinajstić information content (AvgIpc) is 2.49. The molecule has 18 heavy (non-hydrogen) atoms. The van der Waals surface area contributed by atoms with E-state index in [1.165, 1.54) is 4.68 Å². The van der Waals surface area contributed by atoms with E-state index in [1.807, 2.05) is 0 Å². The summed E-state index contributed by atoms with van der Waals surface area (Å²) in [6.07, 6.45) is 0. The lowest BCUT2D eigenvalue weighted by atomic mass is 10.5. The molecule has 0 aliphatic heterocycles. The van der Waals surface area contributed by atoms with Gasteiger partial charge in [0.25, 0.3) is 0 Å². The average molecular weight is 275 g/mol. The van der Waals surface area contributed by atoms with Crippen molar-refractivity contribution in [3.8, 4) is 0 Å². The van der Waals surface area contributed by atoms with E-state index in [9.17, 15) is 13.2 Å². The summed E-state index contributed by atoms with van der Waals surface area (Å²) in [6, 6.07) is 0. The fourth-order valence-corrected chi connectivity index (χ4v) is 3.31. The molecule has 0 aliphatic carbocycles. The minimum atomic E-state index is -3.86. The van der Waals surface area contributed by atoms with Gasteiger partial charge in [-0.3, -0.25) is 9.48 Å². The monoisotopic (exact) mass is 275 g/mol. The lowest BCUT2D eigenvalue weighted by Gasteiger charge is -2.18. The van der Waals surface area contributed by atoms with E-state index < -0.39 is 15.9 Å². The number of nitrogens with zero attached hydrogens (tertiary/aromatic N) is 3. The molecule has 0 aromatic carbocycles. The number of aromatic nitrogens is 2. The van der Waals surface area contributed by atoms with E-state index in [-0.39, 0.29) is 23.8 Å². The third kappa shape index (κ3) is 2.46. The summed E-state index contributed by atoms with van der Waals surface area (Å²) in [6.45, 7) is 2.95. The summed E-state index contributed by atoms with van der Waals surface area (Å²) < 4.78 is 27.0. The number of amides is 1. The maximum Gasteiger partial charge on any atom is 0.249 e. The molecule has 1 rings (SSSR count). The number of nitrogens with two attached hydrogens (primary N) is 2. The SMILES string of the molecule is CCN(CC(N)=O)S(=O)(=O)c1c(N)nn(C)c1C. The topological polar surface area (TPSA) is 124 Å². The summed E-state index contributed by atoms with van der Waals surface area (Å²) >= 11 is 0. The summed E-state index contributed by atoms with van der Waals surface area (Å²) in [5.41, 5.74) is 11.0. The highest BCUT2D eigenvalue weighted by molar-refractivity contribution is 7.89. The van der Waals surface area contributed by atoms with Gasteiger partial charge in [-0.15, -0.1) is 0 Å². The van der Waals surface area contributed by atoms with Gasteiger partial charge in [0.1, 0.15) is 4.90 Å². The fourth-order valence-electron chi connectivity index (χ4n) is 1.60. The van der Waals surface area contributed by atoms with Crippen LogP contribution in [-0.4, -0.2) is 41.5 Å². The van der Waals surface area contributed by atoms with Crippen LogP contribution in [0.2, 0.25) is 0 Å². The molecule has 0 saturated carbocycles. The van der Waals surface area contributed by atoms with Crippen molar-refractivity contribution in [2.45, 2.75) is 18.7 Å². The van der Waals surface area contributed by atoms with Gasteiger partial charge in [-0.1, -0.05) is 6.92 Å². The van der Waals surface area contributed by atoms with Gasteiger partial charge in [0.2, 0.25) is 15.9 Å². The van der Waals surface area contributed by atoms with Gasteiger partial charge in [0.15, 0.2) is 5.82 Å². The van der Waals surface area contributed by atoms with Crippen LogP contribution in [0.1, 0.15) is 12.6 Å². The Morgan fingerprint density at radius 3 is 2.39 bits per heavy atom. The van der Waals surface area contributed by atoms with Crippen LogP contribution in [0.15, 0.2) is 4.90 Å². The van der Waals surface area contributed by atoms with Crippen LogP contribution in [-0.2, 0) is 21.9 Å². The number of hydrogen-bond donors (Lipinski definition) is 2. The Morgan fingerprint density at radius 2 is 2.06 bits per heavy atom. The van der Waals surface area contributed by atoms with E-state index in [4.69, 9.17) is 11.5 Å². The van der Waals surface area contributed by atoms with E-state index >= 15 is 0 Å². The molecule has 9 heteroatoms. The number of nitrogen functional groups attached to an aromatic ring is 1. The molecule has 1 heterocycles. The number of carbonyl (C=O) groups is 1. The number of sulfonamides is 1. The summed E-state index contributed by atoms with van der Waals surface area (Å²) in [4.78, 5) is 10.8. The number of likely N-dealkylation sites (N-methyl/N-ethyl adjacent to an activating group) is 1. The zero-order valence-electron chi connectivity index (χ0n) is 10.5. The minimum absolute atomic E-state index is 0.0758. The maximum absolute atomic E-state index is 12.3.